The number of aromatic nitrogens is 1. The van der Waals surface area contributed by atoms with Crippen LogP contribution < -0.4 is 16.0 Å². The Kier molecular flexibility index (Phi) is 5.44. The Labute approximate surface area is 184 Å². The highest BCUT2D eigenvalue weighted by Gasteiger charge is 2.47. The lowest BCUT2D eigenvalue weighted by atomic mass is 9.88. The number of urea groups is 1. The number of rotatable bonds is 4. The van der Waals surface area contributed by atoms with Crippen molar-refractivity contribution in [2.75, 3.05) is 25.0 Å². The van der Waals surface area contributed by atoms with Crippen LogP contribution in [0.1, 0.15) is 29.7 Å². The molecule has 3 N–H and O–H groups in total. The number of likely N-dealkylation sites (tertiary alicyclic amines) is 1. The number of hydrogen-bond acceptors (Lipinski definition) is 5. The van der Waals surface area contributed by atoms with Crippen LogP contribution in [0.4, 0.5) is 15.0 Å². The normalized spacial score (nSPS) is 17.7. The molecule has 0 bridgehead atoms. The molecule has 10 heteroatoms. The predicted molar refractivity (Wildman–Crippen MR) is 114 cm³/mol. The molecule has 166 valence electrons. The summed E-state index contributed by atoms with van der Waals surface area (Å²) in [5.41, 5.74) is 1.35. The maximum atomic E-state index is 13.8. The number of nitrogens with one attached hydrogen (secondary N) is 3. The van der Waals surface area contributed by atoms with Gasteiger partial charge in [-0.1, -0.05) is 6.07 Å². The Bertz CT molecular complexity index is 1160. The molecular formula is C22H23FN6O3. The van der Waals surface area contributed by atoms with Crippen LogP contribution in [0.2, 0.25) is 0 Å². The molecule has 2 aromatic rings. The van der Waals surface area contributed by atoms with Gasteiger partial charge in [-0.15, -0.1) is 0 Å². The predicted octanol–water partition coefficient (Wildman–Crippen LogP) is 1.72. The number of nitriles is 1. The summed E-state index contributed by atoms with van der Waals surface area (Å²) in [6, 6.07) is 7.58. The maximum Gasteiger partial charge on any atom is 0.322 e. The molecule has 0 atom stereocenters. The number of anilines is 1. The molecule has 1 aromatic heterocycles. The average molecular weight is 438 g/mol. The van der Waals surface area contributed by atoms with Crippen LogP contribution in [0.5, 0.6) is 0 Å². The molecule has 2 aliphatic rings. The van der Waals surface area contributed by atoms with E-state index in [0.29, 0.717) is 48.6 Å². The molecule has 0 radical (unpaired) electrons. The van der Waals surface area contributed by atoms with Gasteiger partial charge in [0.1, 0.15) is 23.2 Å². The third kappa shape index (κ3) is 3.71. The number of carbonyl (C=O) groups is 3. The van der Waals surface area contributed by atoms with E-state index >= 15 is 0 Å². The summed E-state index contributed by atoms with van der Waals surface area (Å²) >= 11 is 0. The van der Waals surface area contributed by atoms with E-state index in [9.17, 15) is 24.0 Å². The number of carbonyl (C=O) groups excluding carboxylic acids is 3. The Morgan fingerprint density at radius 2 is 2.00 bits per heavy atom. The van der Waals surface area contributed by atoms with Gasteiger partial charge >= 0.3 is 6.03 Å². The third-order valence-corrected chi connectivity index (χ3v) is 6.24. The topological polar surface area (TPSA) is 119 Å². The van der Waals surface area contributed by atoms with Gasteiger partial charge in [-0.25, -0.2) is 9.18 Å². The summed E-state index contributed by atoms with van der Waals surface area (Å²) in [6.07, 6.45) is 0.804. The molecule has 1 spiro atoms. The van der Waals surface area contributed by atoms with Crippen LogP contribution in [0.3, 0.4) is 0 Å². The largest absolute Gasteiger partial charge is 0.323 e. The molecule has 1 aromatic carbocycles. The second kappa shape index (κ2) is 8.09. The monoisotopic (exact) mass is 438 g/mol. The van der Waals surface area contributed by atoms with E-state index in [0.717, 1.165) is 5.69 Å². The number of nitrogens with zero attached hydrogens (tertiary/aromatic N) is 3. The maximum absolute atomic E-state index is 13.8. The van der Waals surface area contributed by atoms with Crippen LogP contribution in [0.15, 0.2) is 24.3 Å². The Morgan fingerprint density at radius 3 is 2.59 bits per heavy atom. The molecule has 2 saturated heterocycles. The van der Waals surface area contributed by atoms with Gasteiger partial charge in [0.15, 0.2) is 0 Å². The highest BCUT2D eigenvalue weighted by atomic mass is 19.1. The lowest BCUT2D eigenvalue weighted by Crippen LogP contribution is -2.55. The van der Waals surface area contributed by atoms with E-state index in [4.69, 9.17) is 0 Å². The Morgan fingerprint density at radius 1 is 1.28 bits per heavy atom. The first kappa shape index (κ1) is 21.5. The molecule has 32 heavy (non-hydrogen) atoms. The number of piperidine rings is 1. The fourth-order valence-electron chi connectivity index (χ4n) is 4.35. The lowest BCUT2D eigenvalue weighted by molar-refractivity contribution is -0.125. The quantitative estimate of drug-likeness (QED) is 0.628. The molecule has 2 aliphatic heterocycles. The van der Waals surface area contributed by atoms with Gasteiger partial charge in [-0.3, -0.25) is 24.4 Å². The van der Waals surface area contributed by atoms with Crippen molar-refractivity contribution in [1.82, 2.24) is 20.1 Å². The highest BCUT2D eigenvalue weighted by Crippen LogP contribution is 2.30. The van der Waals surface area contributed by atoms with E-state index in [1.165, 1.54) is 12.1 Å². The zero-order valence-electron chi connectivity index (χ0n) is 17.8. The molecule has 4 rings (SSSR count). The standard InChI is InChI=1S/C22H23FN6O3/c1-13-14(2)29(16-5-3-4-15(23)10-16)19(17(13)11-24)25-18(30)12-28-8-6-22(7-9-28)20(31)26-21(32)27-22/h3-5,10H,6-9,12H2,1-2H3,(H,25,30)(H2,26,27,31,32). The zero-order valence-corrected chi connectivity index (χ0v) is 17.8. The van der Waals surface area contributed by atoms with Crippen molar-refractivity contribution in [3.8, 4) is 11.8 Å². The van der Waals surface area contributed by atoms with Crippen LogP contribution in [0, 0.1) is 31.0 Å². The van der Waals surface area contributed by atoms with Crippen molar-refractivity contribution in [3.05, 3.63) is 46.9 Å². The van der Waals surface area contributed by atoms with Crippen LogP contribution in [0.25, 0.3) is 5.69 Å². The van der Waals surface area contributed by atoms with Crippen molar-refractivity contribution < 1.29 is 18.8 Å². The highest BCUT2D eigenvalue weighted by molar-refractivity contribution is 6.07. The first-order chi connectivity index (χ1) is 15.2. The van der Waals surface area contributed by atoms with Crippen molar-refractivity contribution in [1.29, 1.82) is 5.26 Å². The number of amides is 4. The molecule has 0 saturated carbocycles. The number of hydrogen-bond donors (Lipinski definition) is 3. The van der Waals surface area contributed by atoms with E-state index in [-0.39, 0.29) is 18.4 Å². The number of imide groups is 1. The molecule has 0 unspecified atom stereocenters. The van der Waals surface area contributed by atoms with Gasteiger partial charge < -0.3 is 10.6 Å². The van der Waals surface area contributed by atoms with Crippen LogP contribution in [-0.2, 0) is 9.59 Å². The van der Waals surface area contributed by atoms with Gasteiger partial charge in [-0.2, -0.15) is 5.26 Å². The van der Waals surface area contributed by atoms with Gasteiger partial charge in [0, 0.05) is 18.8 Å². The molecular weight excluding hydrogens is 415 g/mol. The van der Waals surface area contributed by atoms with Crippen molar-refractivity contribution >= 4 is 23.7 Å². The van der Waals surface area contributed by atoms with Crippen LogP contribution >= 0.6 is 0 Å². The summed E-state index contributed by atoms with van der Waals surface area (Å²) in [6.45, 7) is 4.55. The number of benzene rings is 1. The summed E-state index contributed by atoms with van der Waals surface area (Å²) in [5, 5.41) is 17.4. The summed E-state index contributed by atoms with van der Waals surface area (Å²) < 4.78 is 15.5. The molecule has 2 fully saturated rings. The second-order valence-corrected chi connectivity index (χ2v) is 8.18. The Hall–Kier alpha value is -3.71. The minimum Gasteiger partial charge on any atom is -0.323 e. The van der Waals surface area contributed by atoms with Gasteiger partial charge in [0.2, 0.25) is 5.91 Å². The molecule has 0 aliphatic carbocycles. The fraction of sp³-hybridized carbons (Fsp3) is 0.364. The van der Waals surface area contributed by atoms with E-state index in [1.54, 1.807) is 23.6 Å². The van der Waals surface area contributed by atoms with Gasteiger partial charge in [-0.05, 0) is 50.5 Å². The number of halogens is 1. The Balaban J connectivity index is 1.51. The third-order valence-electron chi connectivity index (χ3n) is 6.24. The fourth-order valence-corrected chi connectivity index (χ4v) is 4.35. The van der Waals surface area contributed by atoms with Crippen molar-refractivity contribution in [2.45, 2.75) is 32.2 Å². The molecule has 4 amide bonds. The smallest absolute Gasteiger partial charge is 0.322 e. The van der Waals surface area contributed by atoms with Crippen molar-refractivity contribution in [3.63, 3.8) is 0 Å². The second-order valence-electron chi connectivity index (χ2n) is 8.18. The van der Waals surface area contributed by atoms with Crippen LogP contribution in [-0.4, -0.2) is 52.5 Å². The molecule has 9 nitrogen and oxygen atoms in total. The first-order valence-corrected chi connectivity index (χ1v) is 10.3. The van der Waals surface area contributed by atoms with E-state index in [2.05, 4.69) is 22.0 Å². The average Bonchev–Trinajstić information content (AvgIpc) is 3.15. The summed E-state index contributed by atoms with van der Waals surface area (Å²) in [5.74, 6) is -0.778. The van der Waals surface area contributed by atoms with Gasteiger partial charge in [0.05, 0.1) is 17.8 Å². The minimum atomic E-state index is -0.904. The zero-order chi connectivity index (χ0) is 23.0. The molecule has 3 heterocycles. The van der Waals surface area contributed by atoms with Crippen molar-refractivity contribution in [2.24, 2.45) is 0 Å². The van der Waals surface area contributed by atoms with E-state index in [1.807, 2.05) is 11.8 Å². The first-order valence-electron chi connectivity index (χ1n) is 10.3. The summed E-state index contributed by atoms with van der Waals surface area (Å²) in [7, 11) is 0. The van der Waals surface area contributed by atoms with E-state index < -0.39 is 17.4 Å². The SMILES string of the molecule is Cc1c(C#N)c(NC(=O)CN2CCC3(CC2)NC(=O)NC3=O)n(-c2cccc(F)c2)c1C. The summed E-state index contributed by atoms with van der Waals surface area (Å²) in [4.78, 5) is 38.3. The van der Waals surface area contributed by atoms with Gasteiger partial charge in [0.25, 0.3) is 5.91 Å². The minimum absolute atomic E-state index is 0.0585. The lowest BCUT2D eigenvalue weighted by Gasteiger charge is -2.36.